The Balaban J connectivity index is 2.63. The van der Waals surface area contributed by atoms with Crippen LogP contribution in [-0.4, -0.2) is 34.0 Å². The first-order chi connectivity index (χ1) is 5.66. The predicted molar refractivity (Wildman–Crippen MR) is 38.4 cm³/mol. The number of nitrogens with zero attached hydrogens (tertiary/aromatic N) is 3. The summed E-state index contributed by atoms with van der Waals surface area (Å²) in [5.41, 5.74) is 0. The van der Waals surface area contributed by atoms with Crippen molar-refractivity contribution in [2.75, 3.05) is 6.54 Å². The number of carboxylic acids is 1. The first-order valence-electron chi connectivity index (χ1n) is 3.46. The Morgan fingerprint density at radius 2 is 2.42 bits per heavy atom. The third-order valence-corrected chi connectivity index (χ3v) is 1.80. The quantitative estimate of drug-likeness (QED) is 0.475. The molecule has 0 radical (unpaired) electrons. The van der Waals surface area contributed by atoms with Crippen molar-refractivity contribution in [3.05, 3.63) is 10.1 Å². The molecule has 7 nitrogen and oxygen atoms in total. The van der Waals surface area contributed by atoms with Gasteiger partial charge in [-0.05, 0) is 12.8 Å². The van der Waals surface area contributed by atoms with Gasteiger partial charge in [-0.15, -0.1) is 4.91 Å². The predicted octanol–water partition coefficient (Wildman–Crippen LogP) is -0.0684. The number of carbonyl (C=O) groups is 1. The van der Waals surface area contributed by atoms with Crippen molar-refractivity contribution in [3.8, 4) is 0 Å². The van der Waals surface area contributed by atoms with Gasteiger partial charge < -0.3 is 10.3 Å². The van der Waals surface area contributed by atoms with Crippen LogP contribution >= 0.6 is 0 Å². The molecule has 12 heavy (non-hydrogen) atoms. The Morgan fingerprint density at radius 1 is 1.75 bits per heavy atom. The first-order valence-corrected chi connectivity index (χ1v) is 3.46. The molecule has 1 rings (SSSR count). The highest BCUT2D eigenvalue weighted by Gasteiger charge is 2.31. The molecule has 0 aliphatic carbocycles. The fraction of sp³-hybridized carbons (Fsp3) is 0.800. The van der Waals surface area contributed by atoms with Gasteiger partial charge in [0.2, 0.25) is 0 Å². The topological polar surface area (TPSA) is 96.3 Å². The number of nitroso groups, excluding NO2 is 1. The maximum atomic E-state index is 10.6. The van der Waals surface area contributed by atoms with Crippen molar-refractivity contribution in [2.24, 2.45) is 5.29 Å². The number of carboxylic acid groups (broad SMARTS) is 1. The van der Waals surface area contributed by atoms with E-state index in [-0.39, 0.29) is 11.8 Å². The molecule has 1 atom stereocenters. The van der Waals surface area contributed by atoms with E-state index in [1.807, 2.05) is 0 Å². The maximum Gasteiger partial charge on any atom is 0.322 e. The number of hydrogen-bond acceptors (Lipinski definition) is 5. The summed E-state index contributed by atoms with van der Waals surface area (Å²) in [7, 11) is 0. The molecule has 1 heterocycles. The molecule has 0 bridgehead atoms. The van der Waals surface area contributed by atoms with Gasteiger partial charge >= 0.3 is 5.97 Å². The van der Waals surface area contributed by atoms with Crippen molar-refractivity contribution >= 4 is 5.97 Å². The average molecular weight is 174 g/mol. The van der Waals surface area contributed by atoms with Crippen molar-refractivity contribution in [1.82, 2.24) is 10.3 Å². The Bertz CT molecular complexity index is 197. The Labute approximate surface area is 68.1 Å². The average Bonchev–Trinajstić information content (AvgIpc) is 2.50. The van der Waals surface area contributed by atoms with E-state index in [0.717, 1.165) is 5.01 Å². The van der Waals surface area contributed by atoms with Crippen LogP contribution in [0.1, 0.15) is 12.8 Å². The zero-order valence-corrected chi connectivity index (χ0v) is 6.21. The molecule has 0 aromatic rings. The second-order valence-electron chi connectivity index (χ2n) is 2.49. The summed E-state index contributed by atoms with van der Waals surface area (Å²) in [6, 6.07) is -0.903. The second-order valence-corrected chi connectivity index (χ2v) is 2.49. The third kappa shape index (κ3) is 1.51. The normalized spacial score (nSPS) is 23.9. The van der Waals surface area contributed by atoms with Gasteiger partial charge in [-0.3, -0.25) is 10.1 Å². The van der Waals surface area contributed by atoms with Gasteiger partial charge in [0.15, 0.2) is 0 Å². The second kappa shape index (κ2) is 3.46. The van der Waals surface area contributed by atoms with Crippen molar-refractivity contribution in [2.45, 2.75) is 18.9 Å². The lowest BCUT2D eigenvalue weighted by atomic mass is 10.2. The van der Waals surface area contributed by atoms with E-state index < -0.39 is 12.0 Å². The zero-order chi connectivity index (χ0) is 9.14. The van der Waals surface area contributed by atoms with Crippen molar-refractivity contribution in [1.29, 1.82) is 0 Å². The molecule has 0 aromatic carbocycles. The minimum Gasteiger partial charge on any atom is -0.724 e. The Morgan fingerprint density at radius 3 is 2.92 bits per heavy atom. The third-order valence-electron chi connectivity index (χ3n) is 1.80. The van der Waals surface area contributed by atoms with Gasteiger partial charge in [-0.25, -0.2) is 0 Å². The van der Waals surface area contributed by atoms with Crippen LogP contribution in [0.4, 0.5) is 0 Å². The molecule has 1 aliphatic heterocycles. The molecule has 0 unspecified atom stereocenters. The van der Waals surface area contributed by atoms with E-state index in [1.165, 1.54) is 0 Å². The monoisotopic (exact) mass is 174 g/mol. The minimum absolute atomic E-state index is 0.203. The van der Waals surface area contributed by atoms with Gasteiger partial charge in [0, 0.05) is 6.54 Å². The standard InChI is InChI=1S/C5H8N3O4/c9-5(10)4-2-1-3-7(4)8(12)6-11/h4H,1-3H2,(H,9,10)/q-1/t4-/m0/s1. The zero-order valence-electron chi connectivity index (χ0n) is 6.21. The van der Waals surface area contributed by atoms with Crippen LogP contribution in [0.3, 0.4) is 0 Å². The summed E-state index contributed by atoms with van der Waals surface area (Å²) in [4.78, 5) is 20.3. The van der Waals surface area contributed by atoms with Crippen LogP contribution in [0.2, 0.25) is 0 Å². The molecular weight excluding hydrogens is 166 g/mol. The van der Waals surface area contributed by atoms with Crippen LogP contribution in [0.25, 0.3) is 0 Å². The Hall–Kier alpha value is -1.21. The van der Waals surface area contributed by atoms with Crippen LogP contribution in [0.15, 0.2) is 5.29 Å². The lowest BCUT2D eigenvalue weighted by Crippen LogP contribution is -2.42. The summed E-state index contributed by atoms with van der Waals surface area (Å²) < 4.78 is 0. The van der Waals surface area contributed by atoms with E-state index in [1.54, 1.807) is 0 Å². The highest BCUT2D eigenvalue weighted by atomic mass is 16.6. The van der Waals surface area contributed by atoms with Gasteiger partial charge in [-0.1, -0.05) is 0 Å². The maximum absolute atomic E-state index is 10.6. The van der Waals surface area contributed by atoms with Crippen molar-refractivity contribution in [3.63, 3.8) is 0 Å². The summed E-state index contributed by atoms with van der Waals surface area (Å²) in [5.74, 6) is -1.10. The molecule has 0 amide bonds. The van der Waals surface area contributed by atoms with Gasteiger partial charge in [0.1, 0.15) is 6.04 Å². The molecule has 0 aromatic heterocycles. The number of hydrazine groups is 1. The lowest BCUT2D eigenvalue weighted by Gasteiger charge is -2.33. The first kappa shape index (κ1) is 8.88. The summed E-state index contributed by atoms with van der Waals surface area (Å²) in [5, 5.41) is 22.0. The largest absolute Gasteiger partial charge is 0.724 e. The number of aliphatic carboxylic acids is 1. The lowest BCUT2D eigenvalue weighted by molar-refractivity contribution is -0.147. The van der Waals surface area contributed by atoms with Crippen LogP contribution in [0, 0.1) is 10.1 Å². The van der Waals surface area contributed by atoms with Gasteiger partial charge in [-0.2, -0.15) is 5.01 Å². The smallest absolute Gasteiger partial charge is 0.322 e. The highest BCUT2D eigenvalue weighted by Crippen LogP contribution is 2.18. The Kier molecular flexibility index (Phi) is 2.56. The molecular formula is C5H8N3O4-. The van der Waals surface area contributed by atoms with E-state index >= 15 is 0 Å². The molecule has 0 saturated carbocycles. The van der Waals surface area contributed by atoms with Gasteiger partial charge in [0.05, 0.1) is 5.29 Å². The number of hydrogen-bond donors (Lipinski definition) is 1. The molecule has 1 fully saturated rings. The van der Waals surface area contributed by atoms with Crippen molar-refractivity contribution < 1.29 is 9.90 Å². The van der Waals surface area contributed by atoms with E-state index in [2.05, 4.69) is 5.29 Å². The number of rotatable bonds is 3. The highest BCUT2D eigenvalue weighted by molar-refractivity contribution is 5.73. The molecule has 68 valence electrons. The van der Waals surface area contributed by atoms with E-state index in [4.69, 9.17) is 5.11 Å². The fourth-order valence-electron chi connectivity index (χ4n) is 1.25. The van der Waals surface area contributed by atoms with Crippen LogP contribution in [-0.2, 0) is 4.79 Å². The summed E-state index contributed by atoms with van der Waals surface area (Å²) in [6.45, 7) is 0.270. The van der Waals surface area contributed by atoms with Crippen LogP contribution < -0.4 is 0 Å². The van der Waals surface area contributed by atoms with Crippen LogP contribution in [0.5, 0.6) is 0 Å². The molecule has 7 heteroatoms. The molecule has 1 N–H and O–H groups in total. The molecule has 1 saturated heterocycles. The van der Waals surface area contributed by atoms with E-state index in [9.17, 15) is 14.9 Å². The SMILES string of the molecule is O=NN([O-])N1CCC[C@H]1C(=O)O. The van der Waals surface area contributed by atoms with E-state index in [0.29, 0.717) is 12.8 Å². The molecule has 1 aliphatic rings. The summed E-state index contributed by atoms with van der Waals surface area (Å²) >= 11 is 0. The minimum atomic E-state index is -1.10. The molecule has 0 spiro atoms. The fourth-order valence-corrected chi connectivity index (χ4v) is 1.25. The summed E-state index contributed by atoms with van der Waals surface area (Å²) in [6.07, 6.45) is 0.967. The van der Waals surface area contributed by atoms with Gasteiger partial charge in [0.25, 0.3) is 0 Å².